The Bertz CT molecular complexity index is 814. The fourth-order valence-electron chi connectivity index (χ4n) is 1.93. The summed E-state index contributed by atoms with van der Waals surface area (Å²) in [5.74, 6) is -1.63. The first-order valence-corrected chi connectivity index (χ1v) is 5.95. The minimum Gasteiger partial charge on any atom is -0.399 e. The number of nitrogens with zero attached hydrogens (tertiary/aromatic N) is 4. The lowest BCUT2D eigenvalue weighted by Gasteiger charge is -2.08. The Hall–Kier alpha value is -3.03. The lowest BCUT2D eigenvalue weighted by Crippen LogP contribution is -2.03. The summed E-state index contributed by atoms with van der Waals surface area (Å²) in [4.78, 5) is 0. The molecule has 0 aliphatic heterocycles. The van der Waals surface area contributed by atoms with Crippen LogP contribution in [-0.2, 0) is 0 Å². The first kappa shape index (κ1) is 13.0. The monoisotopic (exact) mass is 288 g/mol. The molecule has 0 fully saturated rings. The molecule has 0 aliphatic rings. The van der Waals surface area contributed by atoms with Crippen molar-refractivity contribution in [2.45, 2.75) is 0 Å². The predicted molar refractivity (Wildman–Crippen MR) is 73.3 cm³/mol. The molecule has 0 amide bonds. The summed E-state index contributed by atoms with van der Waals surface area (Å²) in [5, 5.41) is 11.2. The standard InChI is InChI=1S/C13H10F2N6/c14-10-4-2-8(6-11(10)15)21-13(18-19-20-21)9-3-1-7(16)5-12(9)17/h1-6H,16-17H2. The molecule has 1 aromatic heterocycles. The molecule has 6 nitrogen and oxygen atoms in total. The maximum atomic E-state index is 13.3. The number of nitrogens with two attached hydrogens (primary N) is 2. The van der Waals surface area contributed by atoms with Crippen LogP contribution in [-0.4, -0.2) is 20.2 Å². The lowest BCUT2D eigenvalue weighted by molar-refractivity contribution is 0.507. The number of hydrogen-bond acceptors (Lipinski definition) is 5. The van der Waals surface area contributed by atoms with Gasteiger partial charge in [0.15, 0.2) is 17.5 Å². The molecule has 0 aliphatic carbocycles. The number of anilines is 2. The van der Waals surface area contributed by atoms with Gasteiger partial charge < -0.3 is 11.5 Å². The third-order valence-electron chi connectivity index (χ3n) is 2.93. The van der Waals surface area contributed by atoms with Crippen molar-refractivity contribution in [2.75, 3.05) is 11.5 Å². The van der Waals surface area contributed by atoms with E-state index in [4.69, 9.17) is 11.5 Å². The number of nitrogen functional groups attached to an aromatic ring is 2. The van der Waals surface area contributed by atoms with Gasteiger partial charge in [-0.15, -0.1) is 5.10 Å². The number of benzene rings is 2. The highest BCUT2D eigenvalue weighted by molar-refractivity contribution is 5.75. The Balaban J connectivity index is 2.14. The van der Waals surface area contributed by atoms with E-state index in [0.717, 1.165) is 12.1 Å². The Kier molecular flexibility index (Phi) is 2.98. The Morgan fingerprint density at radius 2 is 1.76 bits per heavy atom. The van der Waals surface area contributed by atoms with Crippen LogP contribution in [0.2, 0.25) is 0 Å². The maximum Gasteiger partial charge on any atom is 0.189 e. The van der Waals surface area contributed by atoms with E-state index in [0.29, 0.717) is 22.8 Å². The van der Waals surface area contributed by atoms with Crippen LogP contribution in [0.1, 0.15) is 0 Å². The van der Waals surface area contributed by atoms with Gasteiger partial charge in [-0.2, -0.15) is 4.68 Å². The molecular formula is C13H10F2N6. The van der Waals surface area contributed by atoms with E-state index in [1.54, 1.807) is 18.2 Å². The van der Waals surface area contributed by atoms with Crippen LogP contribution in [0.4, 0.5) is 20.2 Å². The van der Waals surface area contributed by atoms with Gasteiger partial charge in [0.2, 0.25) is 0 Å². The summed E-state index contributed by atoms with van der Waals surface area (Å²) < 4.78 is 27.6. The Morgan fingerprint density at radius 1 is 0.952 bits per heavy atom. The van der Waals surface area contributed by atoms with Gasteiger partial charge in [-0.25, -0.2) is 8.78 Å². The molecule has 0 spiro atoms. The number of tetrazole rings is 1. The van der Waals surface area contributed by atoms with Crippen LogP contribution in [0, 0.1) is 11.6 Å². The fraction of sp³-hybridized carbons (Fsp3) is 0. The van der Waals surface area contributed by atoms with Crippen LogP contribution in [0.3, 0.4) is 0 Å². The normalized spacial score (nSPS) is 10.8. The summed E-state index contributed by atoms with van der Waals surface area (Å²) in [5.41, 5.74) is 13.2. The summed E-state index contributed by atoms with van der Waals surface area (Å²) in [6.07, 6.45) is 0. The van der Waals surface area contributed by atoms with Gasteiger partial charge in [-0.05, 0) is 40.8 Å². The zero-order valence-electron chi connectivity index (χ0n) is 10.7. The molecule has 0 saturated heterocycles. The van der Waals surface area contributed by atoms with Gasteiger partial charge in [-0.3, -0.25) is 0 Å². The lowest BCUT2D eigenvalue weighted by atomic mass is 10.1. The van der Waals surface area contributed by atoms with Crippen molar-refractivity contribution in [2.24, 2.45) is 0 Å². The SMILES string of the molecule is Nc1ccc(-c2nnnn2-c2ccc(F)c(F)c2)c(N)c1. The third-order valence-corrected chi connectivity index (χ3v) is 2.93. The van der Waals surface area contributed by atoms with Crippen molar-refractivity contribution >= 4 is 11.4 Å². The molecule has 8 heteroatoms. The third kappa shape index (κ3) is 2.27. The molecule has 3 aromatic rings. The average molecular weight is 288 g/mol. The topological polar surface area (TPSA) is 95.6 Å². The van der Waals surface area contributed by atoms with Gasteiger partial charge in [0.25, 0.3) is 0 Å². The minimum atomic E-state index is -0.987. The van der Waals surface area contributed by atoms with Crippen molar-refractivity contribution in [1.82, 2.24) is 20.2 Å². The van der Waals surface area contributed by atoms with Crippen LogP contribution >= 0.6 is 0 Å². The van der Waals surface area contributed by atoms with Gasteiger partial charge in [0.05, 0.1) is 5.69 Å². The molecule has 0 bridgehead atoms. The second kappa shape index (κ2) is 4.82. The first-order chi connectivity index (χ1) is 10.1. The highest BCUT2D eigenvalue weighted by Gasteiger charge is 2.15. The smallest absolute Gasteiger partial charge is 0.189 e. The fourth-order valence-corrected chi connectivity index (χ4v) is 1.93. The van der Waals surface area contributed by atoms with Crippen molar-refractivity contribution < 1.29 is 8.78 Å². The van der Waals surface area contributed by atoms with Crippen LogP contribution in [0.5, 0.6) is 0 Å². The zero-order chi connectivity index (χ0) is 15.0. The largest absolute Gasteiger partial charge is 0.399 e. The summed E-state index contributed by atoms with van der Waals surface area (Å²) >= 11 is 0. The molecule has 0 radical (unpaired) electrons. The van der Waals surface area contributed by atoms with Crippen molar-refractivity contribution in [3.8, 4) is 17.1 Å². The molecule has 21 heavy (non-hydrogen) atoms. The van der Waals surface area contributed by atoms with E-state index in [1.807, 2.05) is 0 Å². The zero-order valence-corrected chi connectivity index (χ0v) is 10.7. The summed E-state index contributed by atoms with van der Waals surface area (Å²) in [7, 11) is 0. The highest BCUT2D eigenvalue weighted by atomic mass is 19.2. The van der Waals surface area contributed by atoms with E-state index >= 15 is 0 Å². The number of rotatable bonds is 2. The van der Waals surface area contributed by atoms with Crippen molar-refractivity contribution in [3.05, 3.63) is 48.0 Å². The number of hydrogen-bond donors (Lipinski definition) is 2. The Morgan fingerprint density at radius 3 is 2.48 bits per heavy atom. The van der Waals surface area contributed by atoms with E-state index in [-0.39, 0.29) is 5.69 Å². The van der Waals surface area contributed by atoms with E-state index < -0.39 is 11.6 Å². The molecule has 2 aromatic carbocycles. The molecule has 4 N–H and O–H groups in total. The van der Waals surface area contributed by atoms with Gasteiger partial charge in [0.1, 0.15) is 0 Å². The first-order valence-electron chi connectivity index (χ1n) is 5.95. The predicted octanol–water partition coefficient (Wildman–Crippen LogP) is 1.77. The maximum absolute atomic E-state index is 13.3. The molecular weight excluding hydrogens is 278 g/mol. The van der Waals surface area contributed by atoms with Crippen molar-refractivity contribution in [3.63, 3.8) is 0 Å². The van der Waals surface area contributed by atoms with Crippen LogP contribution in [0.25, 0.3) is 17.1 Å². The van der Waals surface area contributed by atoms with Gasteiger partial charge >= 0.3 is 0 Å². The van der Waals surface area contributed by atoms with E-state index in [1.165, 1.54) is 10.7 Å². The summed E-state index contributed by atoms with van der Waals surface area (Å²) in [6, 6.07) is 8.25. The average Bonchev–Trinajstić information content (AvgIpc) is 2.91. The molecule has 1 heterocycles. The highest BCUT2D eigenvalue weighted by Crippen LogP contribution is 2.27. The van der Waals surface area contributed by atoms with Crippen LogP contribution in [0.15, 0.2) is 36.4 Å². The Labute approximate surface area is 118 Å². The van der Waals surface area contributed by atoms with Gasteiger partial charge in [0, 0.05) is 23.0 Å². The number of halogens is 2. The van der Waals surface area contributed by atoms with Crippen molar-refractivity contribution in [1.29, 1.82) is 0 Å². The molecule has 0 atom stereocenters. The molecule has 106 valence electrons. The van der Waals surface area contributed by atoms with E-state index in [2.05, 4.69) is 15.5 Å². The van der Waals surface area contributed by atoms with Gasteiger partial charge in [-0.1, -0.05) is 0 Å². The van der Waals surface area contributed by atoms with E-state index in [9.17, 15) is 8.78 Å². The second-order valence-corrected chi connectivity index (χ2v) is 4.36. The molecule has 3 rings (SSSR count). The number of aromatic nitrogens is 4. The molecule has 0 unspecified atom stereocenters. The minimum absolute atomic E-state index is 0.283. The molecule has 0 saturated carbocycles. The van der Waals surface area contributed by atoms with Crippen LogP contribution < -0.4 is 11.5 Å². The quantitative estimate of drug-likeness (QED) is 0.701. The second-order valence-electron chi connectivity index (χ2n) is 4.36. The summed E-state index contributed by atoms with van der Waals surface area (Å²) in [6.45, 7) is 0.